The van der Waals surface area contributed by atoms with Crippen molar-refractivity contribution >= 4 is 34.9 Å². The van der Waals surface area contributed by atoms with E-state index in [1.165, 1.54) is 39.3 Å². The summed E-state index contributed by atoms with van der Waals surface area (Å²) in [7, 11) is 0. The van der Waals surface area contributed by atoms with Crippen LogP contribution in [0, 0.1) is 0 Å². The molecule has 0 aliphatic carbocycles. The van der Waals surface area contributed by atoms with Gasteiger partial charge >= 0.3 is 0 Å². The summed E-state index contributed by atoms with van der Waals surface area (Å²) in [4.78, 5) is 4.76. The molecule has 4 heteroatoms. The van der Waals surface area contributed by atoms with Crippen LogP contribution in [0.2, 0.25) is 0 Å². The molecule has 0 spiro atoms. The summed E-state index contributed by atoms with van der Waals surface area (Å²) in [6.07, 6.45) is 2.52. The molecule has 70 valence electrons. The van der Waals surface area contributed by atoms with Crippen LogP contribution in [-0.2, 0) is 11.2 Å². The Hall–Kier alpha value is 0.330. The number of thioether (sulfide) groups is 2. The first-order chi connectivity index (χ1) is 6.28. The van der Waals surface area contributed by atoms with Gasteiger partial charge in [-0.15, -0.1) is 34.9 Å². The van der Waals surface area contributed by atoms with Crippen LogP contribution in [0.1, 0.15) is 24.0 Å². The molecule has 0 N–H and O–H groups in total. The minimum absolute atomic E-state index is 0.391. The minimum atomic E-state index is 0.391. The van der Waals surface area contributed by atoms with Gasteiger partial charge in [0.15, 0.2) is 0 Å². The molecule has 3 rings (SSSR count). The normalized spacial score (nSPS) is 31.5. The van der Waals surface area contributed by atoms with E-state index < -0.39 is 0 Å². The summed E-state index contributed by atoms with van der Waals surface area (Å²) >= 11 is 5.96. The highest BCUT2D eigenvalue weighted by Crippen LogP contribution is 2.55. The van der Waals surface area contributed by atoms with E-state index in [0.29, 0.717) is 4.75 Å². The fourth-order valence-electron chi connectivity index (χ4n) is 1.47. The molecule has 1 unspecified atom stereocenters. The van der Waals surface area contributed by atoms with E-state index in [9.17, 15) is 0 Å². The molecule has 2 aliphatic heterocycles. The van der Waals surface area contributed by atoms with Crippen LogP contribution in [0.4, 0.5) is 0 Å². The van der Waals surface area contributed by atoms with Crippen LogP contribution in [-0.4, -0.2) is 16.5 Å². The molecule has 0 saturated carbocycles. The quantitative estimate of drug-likeness (QED) is 0.687. The second kappa shape index (κ2) is 2.91. The zero-order valence-electron chi connectivity index (χ0n) is 7.50. The monoisotopic (exact) mass is 229 g/mol. The van der Waals surface area contributed by atoms with Gasteiger partial charge in [-0.2, -0.15) is 0 Å². The van der Waals surface area contributed by atoms with Gasteiger partial charge in [0.1, 0.15) is 5.01 Å². The lowest BCUT2D eigenvalue weighted by Gasteiger charge is -2.06. The second-order valence-electron chi connectivity index (χ2n) is 3.72. The third-order valence-corrected chi connectivity index (χ3v) is 6.71. The third kappa shape index (κ3) is 1.43. The van der Waals surface area contributed by atoms with Gasteiger partial charge in [0.2, 0.25) is 0 Å². The fraction of sp³-hybridized carbons (Fsp3) is 0.667. The van der Waals surface area contributed by atoms with Crippen molar-refractivity contribution in [2.24, 2.45) is 0 Å². The van der Waals surface area contributed by atoms with Crippen LogP contribution >= 0.6 is 34.9 Å². The highest BCUT2D eigenvalue weighted by Gasteiger charge is 2.44. The maximum atomic E-state index is 4.76. The Morgan fingerprint density at radius 1 is 1.46 bits per heavy atom. The number of hydrogen-bond acceptors (Lipinski definition) is 4. The van der Waals surface area contributed by atoms with E-state index in [4.69, 9.17) is 4.98 Å². The Balaban J connectivity index is 2.00. The first kappa shape index (κ1) is 8.62. The largest absolute Gasteiger partial charge is 0.244 e. The number of thiazole rings is 1. The topological polar surface area (TPSA) is 12.9 Å². The Bertz CT molecular complexity index is 317. The smallest absolute Gasteiger partial charge is 0.111 e. The van der Waals surface area contributed by atoms with Crippen molar-refractivity contribution in [2.75, 3.05) is 11.5 Å². The number of aryl methyl sites for hydroxylation is 1. The van der Waals surface area contributed by atoms with Crippen molar-refractivity contribution in [1.82, 2.24) is 4.98 Å². The van der Waals surface area contributed by atoms with E-state index in [0.717, 1.165) is 0 Å². The second-order valence-corrected chi connectivity index (χ2v) is 7.57. The summed E-state index contributed by atoms with van der Waals surface area (Å²) < 4.78 is 1.89. The van der Waals surface area contributed by atoms with Crippen LogP contribution in [0.25, 0.3) is 0 Å². The van der Waals surface area contributed by atoms with Gasteiger partial charge in [-0.05, 0) is 25.5 Å². The summed E-state index contributed by atoms with van der Waals surface area (Å²) in [5, 5.41) is 1.37. The summed E-state index contributed by atoms with van der Waals surface area (Å²) in [5.74, 6) is 2.56. The molecule has 1 nitrogen and oxygen atoms in total. The van der Waals surface area contributed by atoms with Crippen LogP contribution in [0.3, 0.4) is 0 Å². The lowest BCUT2D eigenvalue weighted by Crippen LogP contribution is -2.00. The Labute approximate surface area is 90.7 Å². The van der Waals surface area contributed by atoms with E-state index in [2.05, 4.69) is 6.92 Å². The third-order valence-electron chi connectivity index (χ3n) is 2.48. The van der Waals surface area contributed by atoms with E-state index in [1.54, 1.807) is 0 Å². The van der Waals surface area contributed by atoms with Gasteiger partial charge < -0.3 is 0 Å². The van der Waals surface area contributed by atoms with E-state index in [1.807, 2.05) is 34.9 Å². The zero-order valence-corrected chi connectivity index (χ0v) is 9.95. The Kier molecular flexibility index (Phi) is 1.93. The Morgan fingerprint density at radius 2 is 2.31 bits per heavy atom. The molecule has 13 heavy (non-hydrogen) atoms. The van der Waals surface area contributed by atoms with Crippen molar-refractivity contribution < 1.29 is 0 Å². The van der Waals surface area contributed by atoms with Crippen molar-refractivity contribution in [3.05, 3.63) is 10.7 Å². The number of aromatic nitrogens is 1. The Morgan fingerprint density at radius 3 is 3.00 bits per heavy atom. The highest BCUT2D eigenvalue weighted by atomic mass is 32.2. The fourth-order valence-corrected chi connectivity index (χ4v) is 4.78. The van der Waals surface area contributed by atoms with Crippen LogP contribution in [0.15, 0.2) is 4.21 Å². The number of rotatable bonds is 1. The molecule has 1 fully saturated rings. The summed E-state index contributed by atoms with van der Waals surface area (Å²) in [6.45, 7) is 2.31. The standard InChI is InChI=1S/C9H11NS3/c1-9(5-12-9)8-10-6-3-2-4-11-7(6)13-8/h2-5H2,1H3. The van der Waals surface area contributed by atoms with Gasteiger partial charge in [0, 0.05) is 5.75 Å². The average Bonchev–Trinajstić information content (AvgIpc) is 2.76. The molecule has 0 radical (unpaired) electrons. The zero-order chi connectivity index (χ0) is 8.89. The molecule has 1 aromatic heterocycles. The van der Waals surface area contributed by atoms with Crippen molar-refractivity contribution in [3.8, 4) is 0 Å². The number of hydrogen-bond donors (Lipinski definition) is 0. The van der Waals surface area contributed by atoms with E-state index in [-0.39, 0.29) is 0 Å². The van der Waals surface area contributed by atoms with E-state index >= 15 is 0 Å². The highest BCUT2D eigenvalue weighted by molar-refractivity contribution is 8.07. The molecule has 0 aromatic carbocycles. The average molecular weight is 229 g/mol. The minimum Gasteiger partial charge on any atom is -0.244 e. The van der Waals surface area contributed by atoms with Gasteiger partial charge in [0.05, 0.1) is 14.7 Å². The molecule has 1 atom stereocenters. The number of nitrogens with zero attached hydrogens (tertiary/aromatic N) is 1. The van der Waals surface area contributed by atoms with Crippen LogP contribution in [0.5, 0.6) is 0 Å². The maximum absolute atomic E-state index is 4.76. The molecule has 0 amide bonds. The molecule has 1 saturated heterocycles. The first-order valence-corrected chi connectivity index (χ1v) is 7.34. The molecular formula is C9H11NS3. The molecular weight excluding hydrogens is 218 g/mol. The van der Waals surface area contributed by atoms with Gasteiger partial charge in [0.25, 0.3) is 0 Å². The molecule has 0 bridgehead atoms. The molecule has 1 aromatic rings. The lowest BCUT2D eigenvalue weighted by molar-refractivity contribution is 0.820. The summed E-state index contributed by atoms with van der Waals surface area (Å²) in [6, 6.07) is 0. The molecule has 3 heterocycles. The molecule has 2 aliphatic rings. The van der Waals surface area contributed by atoms with Crippen molar-refractivity contribution in [2.45, 2.75) is 28.7 Å². The predicted molar refractivity (Wildman–Crippen MR) is 61.0 cm³/mol. The SMILES string of the molecule is CC1(c2nc3c(s2)SCCC3)CS1. The number of fused-ring (bicyclic) bond motifs is 1. The van der Waals surface area contributed by atoms with Crippen LogP contribution < -0.4 is 0 Å². The predicted octanol–water partition coefficient (Wildman–Crippen LogP) is 3.14. The van der Waals surface area contributed by atoms with Crippen molar-refractivity contribution in [1.29, 1.82) is 0 Å². The van der Waals surface area contributed by atoms with Gasteiger partial charge in [-0.1, -0.05) is 0 Å². The van der Waals surface area contributed by atoms with Crippen molar-refractivity contribution in [3.63, 3.8) is 0 Å². The summed E-state index contributed by atoms with van der Waals surface area (Å²) in [5.41, 5.74) is 1.38. The lowest BCUT2D eigenvalue weighted by atomic mass is 10.2. The first-order valence-electron chi connectivity index (χ1n) is 4.55. The van der Waals surface area contributed by atoms with Gasteiger partial charge in [-0.3, -0.25) is 0 Å². The maximum Gasteiger partial charge on any atom is 0.111 e. The van der Waals surface area contributed by atoms with Gasteiger partial charge in [-0.25, -0.2) is 4.98 Å².